The van der Waals surface area contributed by atoms with Crippen LogP contribution in [-0.2, 0) is 6.42 Å². The molecular weight excluding hydrogens is 170 g/mol. The Morgan fingerprint density at radius 1 is 1.67 bits per heavy atom. The number of methoxy groups -OCH3 is 1. The van der Waals surface area contributed by atoms with E-state index in [4.69, 9.17) is 10.5 Å². The average Bonchev–Trinajstić information content (AvgIpc) is 2.29. The summed E-state index contributed by atoms with van der Waals surface area (Å²) in [6.45, 7) is 4.09. The fraction of sp³-hybridized carbons (Fsp3) is 0.556. The average molecular weight is 185 g/mol. The Hall–Kier alpha value is -0.540. The van der Waals surface area contributed by atoms with Crippen molar-refractivity contribution in [1.82, 2.24) is 0 Å². The van der Waals surface area contributed by atoms with Gasteiger partial charge in [-0.3, -0.25) is 0 Å². The van der Waals surface area contributed by atoms with Gasteiger partial charge in [-0.05, 0) is 26.3 Å². The largest absolute Gasteiger partial charge is 0.487 e. The molecule has 0 saturated heterocycles. The summed E-state index contributed by atoms with van der Waals surface area (Å²) >= 11 is 1.68. The zero-order valence-electron chi connectivity index (χ0n) is 7.76. The van der Waals surface area contributed by atoms with Gasteiger partial charge in [-0.15, -0.1) is 11.3 Å². The van der Waals surface area contributed by atoms with Gasteiger partial charge in [-0.2, -0.15) is 0 Å². The first-order valence-electron chi connectivity index (χ1n) is 4.02. The molecule has 0 aliphatic rings. The number of thiophene rings is 1. The van der Waals surface area contributed by atoms with Crippen LogP contribution in [0.2, 0.25) is 0 Å². The molecule has 0 aliphatic heterocycles. The fourth-order valence-electron chi connectivity index (χ4n) is 1.21. The summed E-state index contributed by atoms with van der Waals surface area (Å²) in [5.74, 6) is 0. The Kier molecular flexibility index (Phi) is 3.12. The van der Waals surface area contributed by atoms with Crippen LogP contribution in [0.25, 0.3) is 0 Å². The van der Waals surface area contributed by atoms with Crippen molar-refractivity contribution in [2.45, 2.75) is 26.3 Å². The molecule has 0 bridgehead atoms. The zero-order chi connectivity index (χ0) is 9.14. The molecule has 2 N–H and O–H groups in total. The topological polar surface area (TPSA) is 35.2 Å². The van der Waals surface area contributed by atoms with Gasteiger partial charge in [0.05, 0.1) is 7.11 Å². The van der Waals surface area contributed by atoms with Gasteiger partial charge in [-0.1, -0.05) is 0 Å². The second kappa shape index (κ2) is 3.92. The molecule has 68 valence electrons. The molecular formula is C9H15NOS. The van der Waals surface area contributed by atoms with Gasteiger partial charge in [-0.25, -0.2) is 0 Å². The summed E-state index contributed by atoms with van der Waals surface area (Å²) in [4.78, 5) is 1.28. The van der Waals surface area contributed by atoms with Crippen LogP contribution in [0.3, 0.4) is 0 Å². The van der Waals surface area contributed by atoms with Gasteiger partial charge in [0.25, 0.3) is 0 Å². The summed E-state index contributed by atoms with van der Waals surface area (Å²) in [6, 6.07) is 2.35. The second-order valence-electron chi connectivity index (χ2n) is 3.06. The van der Waals surface area contributed by atoms with Crippen molar-refractivity contribution in [3.05, 3.63) is 16.5 Å². The van der Waals surface area contributed by atoms with Gasteiger partial charge < -0.3 is 10.5 Å². The number of rotatable bonds is 3. The van der Waals surface area contributed by atoms with Crippen molar-refractivity contribution in [3.8, 4) is 5.06 Å². The fourth-order valence-corrected chi connectivity index (χ4v) is 2.06. The van der Waals surface area contributed by atoms with Crippen molar-refractivity contribution in [2.75, 3.05) is 7.11 Å². The third kappa shape index (κ3) is 2.22. The van der Waals surface area contributed by atoms with E-state index in [0.29, 0.717) is 0 Å². The number of nitrogens with two attached hydrogens (primary N) is 1. The van der Waals surface area contributed by atoms with Crippen molar-refractivity contribution in [3.63, 3.8) is 0 Å². The Bertz CT molecular complexity index is 255. The lowest BCUT2D eigenvalue weighted by Gasteiger charge is -2.04. The van der Waals surface area contributed by atoms with Crippen molar-refractivity contribution in [1.29, 1.82) is 0 Å². The molecule has 0 amide bonds. The highest BCUT2D eigenvalue weighted by molar-refractivity contribution is 7.13. The van der Waals surface area contributed by atoms with E-state index in [-0.39, 0.29) is 6.04 Å². The molecule has 1 atom stereocenters. The van der Waals surface area contributed by atoms with Crippen LogP contribution in [0.4, 0.5) is 0 Å². The molecule has 3 heteroatoms. The summed E-state index contributed by atoms with van der Waals surface area (Å²) < 4.78 is 5.23. The Morgan fingerprint density at radius 3 is 2.83 bits per heavy atom. The summed E-state index contributed by atoms with van der Waals surface area (Å²) in [6.07, 6.45) is 0.896. The minimum Gasteiger partial charge on any atom is -0.487 e. The quantitative estimate of drug-likeness (QED) is 0.781. The van der Waals surface area contributed by atoms with Gasteiger partial charge >= 0.3 is 0 Å². The van der Waals surface area contributed by atoms with Crippen molar-refractivity contribution < 1.29 is 4.74 Å². The molecule has 0 fully saturated rings. The molecule has 1 heterocycles. The van der Waals surface area contributed by atoms with Gasteiger partial charge in [0.1, 0.15) is 0 Å². The van der Waals surface area contributed by atoms with Gasteiger partial charge in [0.2, 0.25) is 0 Å². The standard InChI is InChI=1S/C9H15NOS/c1-6(10)4-8-5-7(2)12-9(8)11-3/h5-6H,4,10H2,1-3H3. The van der Waals surface area contributed by atoms with E-state index in [1.165, 1.54) is 10.4 Å². The van der Waals surface area contributed by atoms with Crippen LogP contribution in [0.15, 0.2) is 6.07 Å². The van der Waals surface area contributed by atoms with Crippen LogP contribution < -0.4 is 10.5 Å². The van der Waals surface area contributed by atoms with E-state index in [1.54, 1.807) is 18.4 Å². The van der Waals surface area contributed by atoms with E-state index >= 15 is 0 Å². The lowest BCUT2D eigenvalue weighted by Crippen LogP contribution is -2.17. The predicted molar refractivity (Wildman–Crippen MR) is 53.0 cm³/mol. The van der Waals surface area contributed by atoms with Crippen LogP contribution in [0.5, 0.6) is 5.06 Å². The maximum atomic E-state index is 5.71. The zero-order valence-corrected chi connectivity index (χ0v) is 8.57. The minimum atomic E-state index is 0.202. The predicted octanol–water partition coefficient (Wildman–Crippen LogP) is 1.95. The normalized spacial score (nSPS) is 13.0. The Morgan fingerprint density at radius 2 is 2.33 bits per heavy atom. The Labute approximate surface area is 77.3 Å². The summed E-state index contributed by atoms with van der Waals surface area (Å²) in [7, 11) is 1.70. The first-order valence-corrected chi connectivity index (χ1v) is 4.84. The van der Waals surface area contributed by atoms with Crippen LogP contribution >= 0.6 is 11.3 Å². The third-order valence-electron chi connectivity index (χ3n) is 1.62. The van der Waals surface area contributed by atoms with Crippen LogP contribution in [0.1, 0.15) is 17.4 Å². The molecule has 0 saturated carbocycles. The molecule has 12 heavy (non-hydrogen) atoms. The summed E-state index contributed by atoms with van der Waals surface area (Å²) in [5.41, 5.74) is 6.94. The maximum absolute atomic E-state index is 5.71. The number of aryl methyl sites for hydroxylation is 1. The Balaban J connectivity index is 2.81. The number of hydrogen-bond acceptors (Lipinski definition) is 3. The third-order valence-corrected chi connectivity index (χ3v) is 2.67. The summed E-state index contributed by atoms with van der Waals surface area (Å²) in [5, 5.41) is 1.00. The first-order chi connectivity index (χ1) is 5.63. The molecule has 0 aliphatic carbocycles. The molecule has 0 spiro atoms. The molecule has 0 radical (unpaired) electrons. The highest BCUT2D eigenvalue weighted by Gasteiger charge is 2.08. The number of ether oxygens (including phenoxy) is 1. The number of hydrogen-bond donors (Lipinski definition) is 1. The maximum Gasteiger partial charge on any atom is 0.176 e. The van der Waals surface area contributed by atoms with Crippen molar-refractivity contribution in [2.24, 2.45) is 5.73 Å². The molecule has 2 nitrogen and oxygen atoms in total. The highest BCUT2D eigenvalue weighted by atomic mass is 32.1. The second-order valence-corrected chi connectivity index (χ2v) is 4.27. The molecule has 1 unspecified atom stereocenters. The van der Waals surface area contributed by atoms with Gasteiger partial charge in [0, 0.05) is 16.5 Å². The molecule has 1 rings (SSSR count). The van der Waals surface area contributed by atoms with E-state index < -0.39 is 0 Å². The first kappa shape index (κ1) is 9.55. The van der Waals surface area contributed by atoms with E-state index in [1.807, 2.05) is 6.92 Å². The SMILES string of the molecule is COc1sc(C)cc1CC(C)N. The molecule has 0 aromatic carbocycles. The lowest BCUT2D eigenvalue weighted by molar-refractivity contribution is 0.421. The smallest absolute Gasteiger partial charge is 0.176 e. The lowest BCUT2D eigenvalue weighted by atomic mass is 10.1. The van der Waals surface area contributed by atoms with E-state index in [0.717, 1.165) is 11.5 Å². The monoisotopic (exact) mass is 185 g/mol. The van der Waals surface area contributed by atoms with Gasteiger partial charge in [0.15, 0.2) is 5.06 Å². The van der Waals surface area contributed by atoms with Crippen LogP contribution in [0, 0.1) is 6.92 Å². The van der Waals surface area contributed by atoms with E-state index in [2.05, 4.69) is 13.0 Å². The van der Waals surface area contributed by atoms with Crippen molar-refractivity contribution >= 4 is 11.3 Å². The van der Waals surface area contributed by atoms with E-state index in [9.17, 15) is 0 Å². The highest BCUT2D eigenvalue weighted by Crippen LogP contribution is 2.30. The molecule has 1 aromatic rings. The minimum absolute atomic E-state index is 0.202. The molecule has 1 aromatic heterocycles. The van der Waals surface area contributed by atoms with Crippen LogP contribution in [-0.4, -0.2) is 13.2 Å².